The zero-order valence-electron chi connectivity index (χ0n) is 12.4. The lowest BCUT2D eigenvalue weighted by Gasteiger charge is -2.57. The highest BCUT2D eigenvalue weighted by Gasteiger charge is 2.56. The second-order valence-electron chi connectivity index (χ2n) is 8.69. The van der Waals surface area contributed by atoms with Crippen LogP contribution in [0.3, 0.4) is 0 Å². The molecule has 2 atom stereocenters. The Hall–Kier alpha value is 0.0200. The lowest BCUT2D eigenvalue weighted by atomic mass is 9.47. The Morgan fingerprint density at radius 2 is 1.30 bits per heavy atom. The summed E-state index contributed by atoms with van der Waals surface area (Å²) in [6, 6.07) is 0. The maximum atomic E-state index is 13.4. The molecule has 20 heavy (non-hydrogen) atoms. The molecule has 6 rings (SSSR count). The van der Waals surface area contributed by atoms with Gasteiger partial charge in [-0.3, -0.25) is 4.79 Å². The summed E-state index contributed by atoms with van der Waals surface area (Å²) in [5, 5.41) is 1.66. The van der Waals surface area contributed by atoms with Crippen LogP contribution in [0.25, 0.3) is 0 Å². The third-order valence-corrected chi connectivity index (χ3v) is 8.85. The van der Waals surface area contributed by atoms with E-state index in [0.29, 0.717) is 5.92 Å². The van der Waals surface area contributed by atoms with Crippen LogP contribution in [0.4, 0.5) is 0 Å². The number of Topliss-reactive ketones (excluding diaryl/α,β-unsaturated/α-hetero) is 1. The SMILES string of the molecule is O=C(C1CC2CCC(C1)S2)C12CC3CC(CC(C3)C1)C2. The van der Waals surface area contributed by atoms with E-state index in [4.69, 9.17) is 0 Å². The van der Waals surface area contributed by atoms with E-state index < -0.39 is 0 Å². The van der Waals surface area contributed by atoms with Crippen molar-refractivity contribution in [3.63, 3.8) is 0 Å². The average Bonchev–Trinajstić information content (AvgIpc) is 2.75. The number of rotatable bonds is 2. The van der Waals surface area contributed by atoms with Gasteiger partial charge in [0, 0.05) is 21.8 Å². The lowest BCUT2D eigenvalue weighted by molar-refractivity contribution is -0.148. The second-order valence-corrected chi connectivity index (χ2v) is 10.3. The molecule has 0 amide bonds. The second kappa shape index (κ2) is 4.27. The average molecular weight is 290 g/mol. The van der Waals surface area contributed by atoms with E-state index in [0.717, 1.165) is 34.0 Å². The molecule has 0 spiro atoms. The molecule has 0 radical (unpaired) electrons. The highest BCUT2D eigenvalue weighted by atomic mass is 32.2. The van der Waals surface area contributed by atoms with Gasteiger partial charge in [0.2, 0.25) is 0 Å². The van der Waals surface area contributed by atoms with Crippen molar-refractivity contribution in [3.05, 3.63) is 0 Å². The number of hydrogen-bond donors (Lipinski definition) is 0. The summed E-state index contributed by atoms with van der Waals surface area (Å²) in [6.45, 7) is 0. The maximum absolute atomic E-state index is 13.4. The van der Waals surface area contributed by atoms with Gasteiger partial charge in [-0.05, 0) is 82.0 Å². The third kappa shape index (κ3) is 1.79. The number of ketones is 1. The number of carbonyl (C=O) groups is 1. The van der Waals surface area contributed by atoms with E-state index >= 15 is 0 Å². The molecule has 2 unspecified atom stereocenters. The Bertz CT molecular complexity index is 395. The molecule has 2 aliphatic heterocycles. The maximum Gasteiger partial charge on any atom is 0.142 e. The van der Waals surface area contributed by atoms with E-state index in [2.05, 4.69) is 11.8 Å². The smallest absolute Gasteiger partial charge is 0.142 e. The van der Waals surface area contributed by atoms with Crippen LogP contribution >= 0.6 is 11.8 Å². The first-order valence-corrected chi connectivity index (χ1v) is 9.84. The molecular weight excluding hydrogens is 264 g/mol. The van der Waals surface area contributed by atoms with Crippen molar-refractivity contribution >= 4 is 17.5 Å². The summed E-state index contributed by atoms with van der Waals surface area (Å²) < 4.78 is 0. The highest BCUT2D eigenvalue weighted by molar-refractivity contribution is 8.00. The molecule has 2 heterocycles. The molecule has 0 aromatic heterocycles. The van der Waals surface area contributed by atoms with Crippen molar-refractivity contribution in [1.82, 2.24) is 0 Å². The van der Waals surface area contributed by atoms with Gasteiger partial charge in [0.05, 0.1) is 0 Å². The Balaban J connectivity index is 1.40. The van der Waals surface area contributed by atoms with Crippen LogP contribution in [0.1, 0.15) is 64.2 Å². The van der Waals surface area contributed by atoms with Gasteiger partial charge in [0.1, 0.15) is 5.78 Å². The Morgan fingerprint density at radius 1 is 0.800 bits per heavy atom. The molecule has 0 N–H and O–H groups in total. The highest BCUT2D eigenvalue weighted by Crippen LogP contribution is 2.62. The minimum Gasteiger partial charge on any atom is -0.299 e. The summed E-state index contributed by atoms with van der Waals surface area (Å²) in [7, 11) is 0. The fourth-order valence-electron chi connectivity index (χ4n) is 6.92. The monoisotopic (exact) mass is 290 g/mol. The fraction of sp³-hybridized carbons (Fsp3) is 0.944. The van der Waals surface area contributed by atoms with Gasteiger partial charge in [0.25, 0.3) is 0 Å². The van der Waals surface area contributed by atoms with Gasteiger partial charge < -0.3 is 0 Å². The molecule has 0 aromatic rings. The molecule has 1 nitrogen and oxygen atoms in total. The molecule has 6 aliphatic rings. The van der Waals surface area contributed by atoms with Crippen molar-refractivity contribution in [2.45, 2.75) is 74.7 Å². The van der Waals surface area contributed by atoms with Crippen LogP contribution in [0.2, 0.25) is 0 Å². The summed E-state index contributed by atoms with van der Waals surface area (Å²) in [6.07, 6.45) is 13.4. The van der Waals surface area contributed by atoms with E-state index in [1.807, 2.05) is 0 Å². The number of carbonyl (C=O) groups excluding carboxylic acids is 1. The first-order valence-electron chi connectivity index (χ1n) is 8.90. The van der Waals surface area contributed by atoms with Gasteiger partial charge in [-0.1, -0.05) is 0 Å². The van der Waals surface area contributed by atoms with E-state index in [1.54, 1.807) is 0 Å². The molecule has 6 fully saturated rings. The molecule has 4 aliphatic carbocycles. The van der Waals surface area contributed by atoms with Gasteiger partial charge in [-0.25, -0.2) is 0 Å². The van der Waals surface area contributed by atoms with Crippen LogP contribution in [0, 0.1) is 29.1 Å². The first kappa shape index (κ1) is 12.6. The predicted molar refractivity (Wildman–Crippen MR) is 82.7 cm³/mol. The van der Waals surface area contributed by atoms with Crippen LogP contribution in [-0.2, 0) is 4.79 Å². The van der Waals surface area contributed by atoms with Crippen LogP contribution in [0.15, 0.2) is 0 Å². The van der Waals surface area contributed by atoms with Crippen molar-refractivity contribution in [1.29, 1.82) is 0 Å². The molecule has 6 bridgehead atoms. The van der Waals surface area contributed by atoms with Crippen molar-refractivity contribution in [2.75, 3.05) is 0 Å². The molecule has 4 saturated carbocycles. The van der Waals surface area contributed by atoms with Crippen molar-refractivity contribution in [3.8, 4) is 0 Å². The summed E-state index contributed by atoms with van der Waals surface area (Å²) in [5.74, 6) is 3.94. The zero-order valence-corrected chi connectivity index (χ0v) is 13.2. The first-order chi connectivity index (χ1) is 9.70. The van der Waals surface area contributed by atoms with Crippen molar-refractivity contribution in [2.24, 2.45) is 29.1 Å². The standard InChI is InChI=1S/C18H26OS/c19-17(14-6-15-1-2-16(7-14)20-15)18-8-11-3-12(9-18)5-13(4-11)10-18/h11-16H,1-10H2. The van der Waals surface area contributed by atoms with E-state index in [-0.39, 0.29) is 5.41 Å². The third-order valence-electron chi connectivity index (χ3n) is 7.22. The lowest BCUT2D eigenvalue weighted by Crippen LogP contribution is -2.52. The minimum absolute atomic E-state index is 0.168. The summed E-state index contributed by atoms with van der Waals surface area (Å²) in [4.78, 5) is 13.4. The molecular formula is C18H26OS. The minimum atomic E-state index is 0.168. The molecule has 2 saturated heterocycles. The summed E-state index contributed by atoms with van der Waals surface area (Å²) in [5.41, 5.74) is 0.168. The quantitative estimate of drug-likeness (QED) is 0.747. The van der Waals surface area contributed by atoms with Crippen LogP contribution in [-0.4, -0.2) is 16.3 Å². The topological polar surface area (TPSA) is 17.1 Å². The fourth-order valence-corrected chi connectivity index (χ4v) is 8.69. The molecule has 0 aromatic carbocycles. The number of hydrogen-bond acceptors (Lipinski definition) is 2. The van der Waals surface area contributed by atoms with Crippen molar-refractivity contribution < 1.29 is 4.79 Å². The Labute approximate surface area is 126 Å². The normalized spacial score (nSPS) is 56.2. The number of thioether (sulfide) groups is 1. The Kier molecular flexibility index (Phi) is 2.68. The van der Waals surface area contributed by atoms with Crippen LogP contribution in [0.5, 0.6) is 0 Å². The van der Waals surface area contributed by atoms with Crippen LogP contribution < -0.4 is 0 Å². The largest absolute Gasteiger partial charge is 0.299 e. The van der Waals surface area contributed by atoms with Gasteiger partial charge in [-0.2, -0.15) is 11.8 Å². The van der Waals surface area contributed by atoms with Gasteiger partial charge in [0.15, 0.2) is 0 Å². The zero-order chi connectivity index (χ0) is 13.3. The Morgan fingerprint density at radius 3 is 1.80 bits per heavy atom. The molecule has 2 heteroatoms. The van der Waals surface area contributed by atoms with E-state index in [1.165, 1.54) is 64.2 Å². The van der Waals surface area contributed by atoms with E-state index in [9.17, 15) is 4.79 Å². The molecule has 110 valence electrons. The van der Waals surface area contributed by atoms with Gasteiger partial charge in [-0.15, -0.1) is 0 Å². The predicted octanol–water partition coefficient (Wildman–Crippen LogP) is 4.45. The van der Waals surface area contributed by atoms with Gasteiger partial charge >= 0.3 is 0 Å². The summed E-state index contributed by atoms with van der Waals surface area (Å²) >= 11 is 2.20. The number of fused-ring (bicyclic) bond motifs is 2.